The van der Waals surface area contributed by atoms with Gasteiger partial charge in [-0.1, -0.05) is 0 Å². The van der Waals surface area contributed by atoms with Crippen LogP contribution in [0.1, 0.15) is 0 Å². The highest BCUT2D eigenvalue weighted by Gasteiger charge is 2.28. The lowest BCUT2D eigenvalue weighted by atomic mass is 10.3. The van der Waals surface area contributed by atoms with Crippen molar-refractivity contribution in [2.75, 3.05) is 6.61 Å². The number of benzene rings is 2. The monoisotopic (exact) mass is 296 g/mol. The van der Waals surface area contributed by atoms with Crippen LogP contribution in [0.2, 0.25) is 0 Å². The second kappa shape index (κ2) is 6.25. The maximum Gasteiger partial charge on any atom is 0.422 e. The van der Waals surface area contributed by atoms with Crippen molar-refractivity contribution in [2.45, 2.75) is 6.18 Å². The van der Waals surface area contributed by atoms with Crippen LogP contribution in [-0.4, -0.2) is 17.9 Å². The first-order valence-electron chi connectivity index (χ1n) is 5.93. The first-order valence-corrected chi connectivity index (χ1v) is 5.93. The fraction of sp³-hybridized carbons (Fsp3) is 0.143. The Bertz CT molecular complexity index is 608. The van der Waals surface area contributed by atoms with Gasteiger partial charge in [0.05, 0.1) is 11.4 Å². The molecule has 2 rings (SSSR count). The third-order valence-electron chi connectivity index (χ3n) is 2.37. The molecular weight excluding hydrogens is 285 g/mol. The predicted molar refractivity (Wildman–Crippen MR) is 70.3 cm³/mol. The summed E-state index contributed by atoms with van der Waals surface area (Å²) in [6.45, 7) is -1.33. The van der Waals surface area contributed by atoms with E-state index in [9.17, 15) is 13.2 Å². The highest BCUT2D eigenvalue weighted by molar-refractivity contribution is 5.43. The predicted octanol–water partition coefficient (Wildman–Crippen LogP) is 4.75. The van der Waals surface area contributed by atoms with Gasteiger partial charge < -0.3 is 9.84 Å². The smallest absolute Gasteiger partial charge is 0.422 e. The first-order chi connectivity index (χ1) is 9.92. The van der Waals surface area contributed by atoms with Crippen LogP contribution in [0.3, 0.4) is 0 Å². The van der Waals surface area contributed by atoms with Crippen LogP contribution in [-0.2, 0) is 0 Å². The summed E-state index contributed by atoms with van der Waals surface area (Å²) in [4.78, 5) is 0. The molecule has 110 valence electrons. The van der Waals surface area contributed by atoms with Crippen LogP contribution in [0.25, 0.3) is 0 Å². The average Bonchev–Trinajstić information content (AvgIpc) is 2.45. The van der Waals surface area contributed by atoms with E-state index >= 15 is 0 Å². The number of hydrogen-bond donors (Lipinski definition) is 1. The van der Waals surface area contributed by atoms with Gasteiger partial charge >= 0.3 is 6.18 Å². The number of halogens is 3. The molecule has 0 aliphatic heterocycles. The number of ether oxygens (including phenoxy) is 1. The van der Waals surface area contributed by atoms with E-state index < -0.39 is 12.8 Å². The summed E-state index contributed by atoms with van der Waals surface area (Å²) >= 11 is 0. The molecule has 0 saturated heterocycles. The Balaban J connectivity index is 1.97. The summed E-state index contributed by atoms with van der Waals surface area (Å²) in [5, 5.41) is 17.0. The van der Waals surface area contributed by atoms with Gasteiger partial charge in [0, 0.05) is 0 Å². The minimum absolute atomic E-state index is 0.107. The number of hydrogen-bond acceptors (Lipinski definition) is 4. The van der Waals surface area contributed by atoms with Crippen LogP contribution in [0.15, 0.2) is 58.8 Å². The largest absolute Gasteiger partial charge is 0.508 e. The van der Waals surface area contributed by atoms with Crippen LogP contribution in [0, 0.1) is 0 Å². The Hall–Kier alpha value is -2.57. The summed E-state index contributed by atoms with van der Waals surface area (Å²) in [7, 11) is 0. The number of phenolic OH excluding ortho intramolecular Hbond substituents is 1. The quantitative estimate of drug-likeness (QED) is 0.828. The molecule has 0 heterocycles. The second-order valence-electron chi connectivity index (χ2n) is 4.11. The molecule has 0 amide bonds. The van der Waals surface area contributed by atoms with Crippen molar-refractivity contribution >= 4 is 11.4 Å². The van der Waals surface area contributed by atoms with E-state index in [1.807, 2.05) is 0 Å². The number of azo groups is 1. The second-order valence-corrected chi connectivity index (χ2v) is 4.11. The normalized spacial score (nSPS) is 11.8. The van der Waals surface area contributed by atoms with Crippen LogP contribution in [0.4, 0.5) is 24.5 Å². The summed E-state index contributed by atoms with van der Waals surface area (Å²) in [5.74, 6) is 0.232. The molecule has 0 unspecified atom stereocenters. The Labute approximate surface area is 118 Å². The molecule has 0 saturated carbocycles. The number of alkyl halides is 3. The molecule has 0 aromatic heterocycles. The molecule has 0 atom stereocenters. The van der Waals surface area contributed by atoms with E-state index in [-0.39, 0.29) is 11.5 Å². The zero-order valence-corrected chi connectivity index (χ0v) is 10.7. The zero-order valence-electron chi connectivity index (χ0n) is 10.7. The molecule has 1 N–H and O–H groups in total. The lowest BCUT2D eigenvalue weighted by Gasteiger charge is -2.08. The van der Waals surface area contributed by atoms with E-state index in [4.69, 9.17) is 5.11 Å². The molecule has 0 bridgehead atoms. The van der Waals surface area contributed by atoms with Gasteiger partial charge in [0.1, 0.15) is 11.5 Å². The lowest BCUT2D eigenvalue weighted by Crippen LogP contribution is -2.19. The third kappa shape index (κ3) is 5.13. The molecule has 21 heavy (non-hydrogen) atoms. The summed E-state index contributed by atoms with van der Waals surface area (Å²) in [6.07, 6.45) is -4.36. The zero-order chi connectivity index (χ0) is 15.3. The third-order valence-corrected chi connectivity index (χ3v) is 2.37. The summed E-state index contributed by atoms with van der Waals surface area (Å²) in [6, 6.07) is 11.9. The molecular formula is C14H11F3N2O2. The van der Waals surface area contributed by atoms with E-state index in [0.29, 0.717) is 11.4 Å². The maximum absolute atomic E-state index is 12.0. The molecule has 2 aromatic carbocycles. The van der Waals surface area contributed by atoms with Crippen molar-refractivity contribution < 1.29 is 23.0 Å². The fourth-order valence-electron chi connectivity index (χ4n) is 1.41. The highest BCUT2D eigenvalue weighted by atomic mass is 19.4. The summed E-state index contributed by atoms with van der Waals surface area (Å²) in [5.41, 5.74) is 1.02. The Kier molecular flexibility index (Phi) is 4.42. The number of aromatic hydroxyl groups is 1. The van der Waals surface area contributed by atoms with Crippen molar-refractivity contribution in [1.29, 1.82) is 0 Å². The van der Waals surface area contributed by atoms with Gasteiger partial charge in [-0.15, -0.1) is 0 Å². The molecule has 0 aliphatic carbocycles. The van der Waals surface area contributed by atoms with Gasteiger partial charge in [-0.05, 0) is 48.5 Å². The molecule has 0 aliphatic rings. The number of nitrogens with zero attached hydrogens (tertiary/aromatic N) is 2. The molecule has 7 heteroatoms. The average molecular weight is 296 g/mol. The van der Waals surface area contributed by atoms with E-state index in [0.717, 1.165) is 0 Å². The summed E-state index contributed by atoms with van der Waals surface area (Å²) < 4.78 is 40.5. The van der Waals surface area contributed by atoms with Crippen molar-refractivity contribution in [2.24, 2.45) is 10.2 Å². The maximum atomic E-state index is 12.0. The Morgan fingerprint density at radius 2 is 1.33 bits per heavy atom. The van der Waals surface area contributed by atoms with Crippen molar-refractivity contribution in [3.05, 3.63) is 48.5 Å². The topological polar surface area (TPSA) is 54.2 Å². The molecule has 2 aromatic rings. The molecule has 0 fully saturated rings. The van der Waals surface area contributed by atoms with Crippen molar-refractivity contribution in [3.8, 4) is 11.5 Å². The fourth-order valence-corrected chi connectivity index (χ4v) is 1.41. The Morgan fingerprint density at radius 1 is 0.857 bits per heavy atom. The van der Waals surface area contributed by atoms with Gasteiger partial charge in [-0.25, -0.2) is 0 Å². The standard InChI is InChI=1S/C14H11F3N2O2/c15-14(16,17)9-21-13-7-3-11(4-8-13)19-18-10-1-5-12(20)6-2-10/h1-8,20H,9H2. The van der Waals surface area contributed by atoms with E-state index in [1.54, 1.807) is 12.1 Å². The first kappa shape index (κ1) is 14.8. The van der Waals surface area contributed by atoms with Crippen LogP contribution >= 0.6 is 0 Å². The van der Waals surface area contributed by atoms with Gasteiger partial charge in [-0.2, -0.15) is 23.4 Å². The van der Waals surface area contributed by atoms with E-state index in [2.05, 4.69) is 15.0 Å². The minimum Gasteiger partial charge on any atom is -0.508 e. The Morgan fingerprint density at radius 3 is 1.81 bits per heavy atom. The van der Waals surface area contributed by atoms with Crippen LogP contribution in [0.5, 0.6) is 11.5 Å². The van der Waals surface area contributed by atoms with Crippen molar-refractivity contribution in [1.82, 2.24) is 0 Å². The SMILES string of the molecule is Oc1ccc(N=Nc2ccc(OCC(F)(F)F)cc2)cc1. The number of rotatable bonds is 4. The van der Waals surface area contributed by atoms with E-state index in [1.165, 1.54) is 36.4 Å². The van der Waals surface area contributed by atoms with Crippen LogP contribution < -0.4 is 4.74 Å². The molecule has 0 spiro atoms. The van der Waals surface area contributed by atoms with Gasteiger partial charge in [0.25, 0.3) is 0 Å². The van der Waals surface area contributed by atoms with Crippen molar-refractivity contribution in [3.63, 3.8) is 0 Å². The van der Waals surface area contributed by atoms with Gasteiger partial charge in [0.15, 0.2) is 6.61 Å². The highest BCUT2D eigenvalue weighted by Crippen LogP contribution is 2.23. The lowest BCUT2D eigenvalue weighted by molar-refractivity contribution is -0.153. The van der Waals surface area contributed by atoms with Gasteiger partial charge in [-0.3, -0.25) is 0 Å². The number of phenols is 1. The van der Waals surface area contributed by atoms with Gasteiger partial charge in [0.2, 0.25) is 0 Å². The molecule has 0 radical (unpaired) electrons. The molecule has 4 nitrogen and oxygen atoms in total. The minimum atomic E-state index is -4.36.